The highest BCUT2D eigenvalue weighted by molar-refractivity contribution is 7.86. The van der Waals surface area contributed by atoms with Crippen LogP contribution in [0.4, 0.5) is 5.82 Å². The van der Waals surface area contributed by atoms with Crippen LogP contribution in [0.3, 0.4) is 0 Å². The van der Waals surface area contributed by atoms with Crippen LogP contribution in [0.25, 0.3) is 11.2 Å². The van der Waals surface area contributed by atoms with Crippen LogP contribution in [-0.4, -0.2) is 72.2 Å². The van der Waals surface area contributed by atoms with Crippen LogP contribution in [0, 0.1) is 0 Å². The first-order chi connectivity index (χ1) is 11.1. The zero-order valence-corrected chi connectivity index (χ0v) is 13.1. The highest BCUT2D eigenvalue weighted by atomic mass is 32.2. The summed E-state index contributed by atoms with van der Waals surface area (Å²) < 4.78 is 39.8. The molecule has 2 aromatic rings. The minimum atomic E-state index is -5.16. The lowest BCUT2D eigenvalue weighted by Gasteiger charge is -2.30. The van der Waals surface area contributed by atoms with E-state index in [0.29, 0.717) is 0 Å². The molecule has 13 heteroatoms. The van der Waals surface area contributed by atoms with E-state index in [1.807, 2.05) is 0 Å². The van der Waals surface area contributed by atoms with Gasteiger partial charge in [0.1, 0.15) is 36.5 Å². The molecule has 0 aromatic carbocycles. The standard InChI is InChI=1S/C11H15N5O7S/c1-4(17)7-6(18)8(19)11(23-7,24(20,21)22)16-3-15-5-9(12)13-2-14-10(5)16/h2-4,6-8,17-19H,1H3,(H2,12,13,14)(H,20,21,22)/t4?,6-,7-,8-,11+/m1/s1. The zero-order valence-electron chi connectivity index (χ0n) is 12.3. The van der Waals surface area contributed by atoms with Gasteiger partial charge in [0.15, 0.2) is 11.5 Å². The lowest BCUT2D eigenvalue weighted by Crippen LogP contribution is -2.51. The van der Waals surface area contributed by atoms with E-state index in [1.54, 1.807) is 0 Å². The van der Waals surface area contributed by atoms with Gasteiger partial charge in [0.25, 0.3) is 0 Å². The summed E-state index contributed by atoms with van der Waals surface area (Å²) in [4.78, 5) is 11.4. The Hall–Kier alpha value is -1.90. The van der Waals surface area contributed by atoms with Crippen molar-refractivity contribution in [2.75, 3.05) is 5.73 Å². The molecule has 1 fully saturated rings. The van der Waals surface area contributed by atoms with Crippen LogP contribution in [0.5, 0.6) is 0 Å². The van der Waals surface area contributed by atoms with Gasteiger partial charge in [-0.1, -0.05) is 0 Å². The second-order valence-corrected chi connectivity index (χ2v) is 6.95. The van der Waals surface area contributed by atoms with Crippen molar-refractivity contribution in [1.29, 1.82) is 0 Å². The number of nitrogens with zero attached hydrogens (tertiary/aromatic N) is 4. The van der Waals surface area contributed by atoms with E-state index in [0.717, 1.165) is 17.2 Å². The van der Waals surface area contributed by atoms with Gasteiger partial charge in [0.2, 0.25) is 0 Å². The third kappa shape index (κ3) is 2.10. The van der Waals surface area contributed by atoms with E-state index >= 15 is 0 Å². The molecule has 0 aliphatic carbocycles. The lowest BCUT2D eigenvalue weighted by atomic mass is 10.1. The summed E-state index contributed by atoms with van der Waals surface area (Å²) in [6, 6.07) is 0. The Bertz CT molecular complexity index is 884. The Balaban J connectivity index is 2.31. The monoisotopic (exact) mass is 361 g/mol. The van der Waals surface area contributed by atoms with Crippen molar-refractivity contribution in [3.05, 3.63) is 12.7 Å². The Morgan fingerprint density at radius 1 is 1.38 bits per heavy atom. The van der Waals surface area contributed by atoms with Crippen LogP contribution >= 0.6 is 0 Å². The third-order valence-corrected chi connectivity index (χ3v) is 5.16. The smallest absolute Gasteiger partial charge is 0.318 e. The number of nitrogens with two attached hydrogens (primary N) is 1. The molecule has 1 saturated heterocycles. The van der Waals surface area contributed by atoms with Gasteiger partial charge in [-0.15, -0.1) is 0 Å². The van der Waals surface area contributed by atoms with Crippen molar-refractivity contribution in [2.45, 2.75) is 36.4 Å². The molecule has 2 aromatic heterocycles. The number of aliphatic hydroxyl groups excluding tert-OH is 3. The number of hydrogen-bond donors (Lipinski definition) is 5. The molecular formula is C11H15N5O7S. The van der Waals surface area contributed by atoms with Gasteiger partial charge in [0, 0.05) is 0 Å². The molecule has 0 saturated carbocycles. The average Bonchev–Trinajstić information content (AvgIpc) is 3.01. The van der Waals surface area contributed by atoms with E-state index < -0.39 is 39.6 Å². The van der Waals surface area contributed by atoms with Crippen LogP contribution in [0.2, 0.25) is 0 Å². The zero-order chi connectivity index (χ0) is 17.9. The fourth-order valence-corrected chi connectivity index (χ4v) is 3.79. The number of ether oxygens (including phenoxy) is 1. The predicted octanol–water partition coefficient (Wildman–Crippen LogP) is -2.59. The summed E-state index contributed by atoms with van der Waals surface area (Å²) in [6.07, 6.45) is -4.82. The fraction of sp³-hybridized carbons (Fsp3) is 0.545. The fourth-order valence-electron chi connectivity index (χ4n) is 2.73. The van der Waals surface area contributed by atoms with E-state index in [4.69, 9.17) is 10.5 Å². The quantitative estimate of drug-likeness (QED) is 0.360. The predicted molar refractivity (Wildman–Crippen MR) is 77.8 cm³/mol. The van der Waals surface area contributed by atoms with Gasteiger partial charge in [-0.05, 0) is 6.92 Å². The number of rotatable bonds is 3. The molecular weight excluding hydrogens is 346 g/mol. The van der Waals surface area contributed by atoms with Crippen molar-refractivity contribution in [1.82, 2.24) is 19.5 Å². The number of aliphatic hydroxyl groups is 3. The number of aromatic nitrogens is 4. The molecule has 12 nitrogen and oxygen atoms in total. The topological polar surface area (TPSA) is 194 Å². The molecule has 3 rings (SSSR count). The number of fused-ring (bicyclic) bond motifs is 1. The Kier molecular flexibility index (Phi) is 3.74. The van der Waals surface area contributed by atoms with Crippen LogP contribution < -0.4 is 5.73 Å². The summed E-state index contributed by atoms with van der Waals surface area (Å²) in [5.74, 6) is -0.0654. The van der Waals surface area contributed by atoms with Gasteiger partial charge in [-0.3, -0.25) is 9.12 Å². The Morgan fingerprint density at radius 3 is 2.58 bits per heavy atom. The first kappa shape index (κ1) is 16.9. The summed E-state index contributed by atoms with van der Waals surface area (Å²) in [5, 5.41) is 27.2. The van der Waals surface area contributed by atoms with Gasteiger partial charge in [-0.2, -0.15) is 8.42 Å². The number of imidazole rings is 1. The summed E-state index contributed by atoms with van der Waals surface area (Å²) >= 11 is 0. The maximum atomic E-state index is 12.1. The average molecular weight is 361 g/mol. The van der Waals surface area contributed by atoms with Crippen molar-refractivity contribution < 1.29 is 33.0 Å². The molecule has 0 radical (unpaired) electrons. The largest absolute Gasteiger partial charge is 0.391 e. The van der Waals surface area contributed by atoms with Gasteiger partial charge in [-0.25, -0.2) is 15.0 Å². The molecule has 0 bridgehead atoms. The van der Waals surface area contributed by atoms with Crippen LogP contribution in [-0.2, 0) is 19.9 Å². The SMILES string of the molecule is CC(O)[C@H]1O[C@](n2cnc3c(N)ncnc32)(S(=O)(=O)O)[C@H](O)[C@@H]1O. The third-order valence-electron chi connectivity index (χ3n) is 3.88. The van der Waals surface area contributed by atoms with E-state index in [1.165, 1.54) is 6.92 Å². The molecule has 132 valence electrons. The molecule has 0 spiro atoms. The first-order valence-corrected chi connectivity index (χ1v) is 8.18. The molecule has 24 heavy (non-hydrogen) atoms. The molecule has 3 heterocycles. The molecule has 1 unspecified atom stereocenters. The maximum Gasteiger partial charge on any atom is 0.318 e. The molecule has 5 atom stereocenters. The summed E-state index contributed by atoms with van der Waals surface area (Å²) in [7, 11) is -5.16. The normalized spacial score (nSPS) is 32.3. The highest BCUT2D eigenvalue weighted by Crippen LogP contribution is 2.42. The summed E-state index contributed by atoms with van der Waals surface area (Å²) in [5.41, 5.74) is 5.48. The maximum absolute atomic E-state index is 12.1. The number of nitrogen functional groups attached to an aromatic ring is 1. The van der Waals surface area contributed by atoms with Gasteiger partial charge >= 0.3 is 15.2 Å². The van der Waals surface area contributed by atoms with Crippen molar-refractivity contribution >= 4 is 27.1 Å². The second kappa shape index (κ2) is 5.30. The Morgan fingerprint density at radius 2 is 2.04 bits per heavy atom. The highest BCUT2D eigenvalue weighted by Gasteiger charge is 2.65. The first-order valence-electron chi connectivity index (χ1n) is 6.74. The Labute approximate surface area is 135 Å². The lowest BCUT2D eigenvalue weighted by molar-refractivity contribution is -0.106. The van der Waals surface area contributed by atoms with Crippen molar-refractivity contribution in [3.8, 4) is 0 Å². The minimum Gasteiger partial charge on any atom is -0.391 e. The molecule has 1 aliphatic heterocycles. The second-order valence-electron chi connectivity index (χ2n) is 5.41. The summed E-state index contributed by atoms with van der Waals surface area (Å²) in [6.45, 7) is 1.23. The van der Waals surface area contributed by atoms with Crippen molar-refractivity contribution in [2.24, 2.45) is 0 Å². The molecule has 1 aliphatic rings. The van der Waals surface area contributed by atoms with E-state index in [9.17, 15) is 28.3 Å². The number of anilines is 1. The van der Waals surface area contributed by atoms with Gasteiger partial charge < -0.3 is 25.8 Å². The van der Waals surface area contributed by atoms with E-state index in [2.05, 4.69) is 15.0 Å². The molecule has 0 amide bonds. The van der Waals surface area contributed by atoms with Crippen LogP contribution in [0.15, 0.2) is 12.7 Å². The minimum absolute atomic E-state index is 0.00584. The van der Waals surface area contributed by atoms with Crippen LogP contribution in [0.1, 0.15) is 6.92 Å². The van der Waals surface area contributed by atoms with Crippen molar-refractivity contribution in [3.63, 3.8) is 0 Å². The van der Waals surface area contributed by atoms with E-state index in [-0.39, 0.29) is 17.0 Å². The molecule has 6 N–H and O–H groups in total. The number of hydrogen-bond acceptors (Lipinski definition) is 10. The van der Waals surface area contributed by atoms with Gasteiger partial charge in [0.05, 0.1) is 6.10 Å².